The SMILES string of the molecule is COC(CN)CC(=O)N1CCN(c2cccs2)CC1. The Morgan fingerprint density at radius 3 is 2.74 bits per heavy atom. The lowest BCUT2D eigenvalue weighted by Crippen LogP contribution is -2.49. The molecule has 1 saturated heterocycles. The van der Waals surface area contributed by atoms with Crippen LogP contribution < -0.4 is 10.6 Å². The van der Waals surface area contributed by atoms with Crippen molar-refractivity contribution in [2.75, 3.05) is 44.7 Å². The van der Waals surface area contributed by atoms with E-state index in [0.717, 1.165) is 26.2 Å². The molecule has 1 fully saturated rings. The number of nitrogens with two attached hydrogens (primary N) is 1. The standard InChI is InChI=1S/C13H21N3O2S/c1-18-11(10-14)9-12(17)15-4-6-16(7-5-15)13-3-2-8-19-13/h2-3,8,11H,4-7,9-10,14H2,1H3. The summed E-state index contributed by atoms with van der Waals surface area (Å²) in [5, 5.41) is 3.36. The van der Waals surface area contributed by atoms with Gasteiger partial charge < -0.3 is 20.3 Å². The minimum absolute atomic E-state index is 0.142. The molecule has 0 bridgehead atoms. The Kier molecular flexibility index (Phi) is 5.18. The summed E-state index contributed by atoms with van der Waals surface area (Å²) in [5.41, 5.74) is 5.54. The fourth-order valence-corrected chi connectivity index (χ4v) is 3.00. The van der Waals surface area contributed by atoms with Gasteiger partial charge in [0, 0.05) is 39.8 Å². The summed E-state index contributed by atoms with van der Waals surface area (Å²) in [6, 6.07) is 4.18. The largest absolute Gasteiger partial charge is 0.380 e. The van der Waals surface area contributed by atoms with Crippen LogP contribution in [-0.2, 0) is 9.53 Å². The zero-order valence-electron chi connectivity index (χ0n) is 11.2. The molecule has 1 unspecified atom stereocenters. The maximum atomic E-state index is 12.1. The van der Waals surface area contributed by atoms with E-state index in [-0.39, 0.29) is 12.0 Å². The molecule has 0 spiro atoms. The van der Waals surface area contributed by atoms with Crippen LogP contribution in [0.15, 0.2) is 17.5 Å². The second kappa shape index (κ2) is 6.88. The summed E-state index contributed by atoms with van der Waals surface area (Å²) in [6.07, 6.45) is 0.217. The topological polar surface area (TPSA) is 58.8 Å². The van der Waals surface area contributed by atoms with Gasteiger partial charge >= 0.3 is 0 Å². The molecule has 1 aliphatic heterocycles. The minimum Gasteiger partial charge on any atom is -0.380 e. The zero-order chi connectivity index (χ0) is 13.7. The maximum Gasteiger partial charge on any atom is 0.225 e. The number of methoxy groups -OCH3 is 1. The normalized spacial score (nSPS) is 17.6. The number of carbonyl (C=O) groups excluding carboxylic acids is 1. The van der Waals surface area contributed by atoms with Crippen LogP contribution in [-0.4, -0.2) is 56.7 Å². The zero-order valence-corrected chi connectivity index (χ0v) is 12.1. The number of piperazine rings is 1. The monoisotopic (exact) mass is 283 g/mol. The van der Waals surface area contributed by atoms with Crippen LogP contribution in [0.2, 0.25) is 0 Å². The average Bonchev–Trinajstić information content (AvgIpc) is 2.99. The van der Waals surface area contributed by atoms with Crippen molar-refractivity contribution in [3.63, 3.8) is 0 Å². The highest BCUT2D eigenvalue weighted by Gasteiger charge is 2.23. The Morgan fingerprint density at radius 1 is 1.47 bits per heavy atom. The molecule has 0 aliphatic carbocycles. The highest BCUT2D eigenvalue weighted by Crippen LogP contribution is 2.22. The summed E-state index contributed by atoms with van der Waals surface area (Å²) < 4.78 is 5.16. The summed E-state index contributed by atoms with van der Waals surface area (Å²) in [6.45, 7) is 3.73. The second-order valence-corrected chi connectivity index (χ2v) is 5.54. The maximum absolute atomic E-state index is 12.1. The van der Waals surface area contributed by atoms with Crippen molar-refractivity contribution in [3.8, 4) is 0 Å². The first kappa shape index (κ1) is 14.3. The molecule has 1 atom stereocenters. The van der Waals surface area contributed by atoms with Gasteiger partial charge in [-0.05, 0) is 17.5 Å². The Bertz CT molecular complexity index is 385. The van der Waals surface area contributed by atoms with Crippen LogP contribution in [0, 0.1) is 0 Å². The molecule has 1 aromatic rings. The number of hydrogen-bond donors (Lipinski definition) is 1. The van der Waals surface area contributed by atoms with Gasteiger partial charge in [-0.25, -0.2) is 0 Å². The third-order valence-corrected chi connectivity index (χ3v) is 4.38. The summed E-state index contributed by atoms with van der Waals surface area (Å²) in [5.74, 6) is 0.142. The molecule has 0 radical (unpaired) electrons. The van der Waals surface area contributed by atoms with Crippen molar-refractivity contribution in [1.82, 2.24) is 4.90 Å². The molecular formula is C13H21N3O2S. The summed E-state index contributed by atoms with van der Waals surface area (Å²) in [4.78, 5) is 16.3. The number of amides is 1. The van der Waals surface area contributed by atoms with Crippen LogP contribution in [0.1, 0.15) is 6.42 Å². The van der Waals surface area contributed by atoms with E-state index in [0.29, 0.717) is 13.0 Å². The molecule has 106 valence electrons. The van der Waals surface area contributed by atoms with Crippen molar-refractivity contribution in [2.45, 2.75) is 12.5 Å². The molecule has 0 aromatic carbocycles. The average molecular weight is 283 g/mol. The number of ether oxygens (including phenoxy) is 1. The van der Waals surface area contributed by atoms with E-state index in [4.69, 9.17) is 10.5 Å². The quantitative estimate of drug-likeness (QED) is 0.867. The fourth-order valence-electron chi connectivity index (χ4n) is 2.21. The number of nitrogens with zero attached hydrogens (tertiary/aromatic N) is 2. The van der Waals surface area contributed by atoms with E-state index in [1.54, 1.807) is 18.4 Å². The van der Waals surface area contributed by atoms with Crippen molar-refractivity contribution < 1.29 is 9.53 Å². The van der Waals surface area contributed by atoms with Gasteiger partial charge in [0.15, 0.2) is 0 Å². The molecule has 0 saturated carbocycles. The van der Waals surface area contributed by atoms with Gasteiger partial charge in [-0.1, -0.05) is 0 Å². The predicted octanol–water partition coefficient (Wildman–Crippen LogP) is 0.761. The van der Waals surface area contributed by atoms with Gasteiger partial charge in [0.25, 0.3) is 0 Å². The molecule has 1 amide bonds. The van der Waals surface area contributed by atoms with Gasteiger partial charge in [-0.3, -0.25) is 4.79 Å². The first-order valence-corrected chi connectivity index (χ1v) is 7.41. The molecule has 2 N–H and O–H groups in total. The summed E-state index contributed by atoms with van der Waals surface area (Å²) in [7, 11) is 1.60. The van der Waals surface area contributed by atoms with E-state index >= 15 is 0 Å². The van der Waals surface area contributed by atoms with Crippen molar-refractivity contribution >= 4 is 22.2 Å². The fraction of sp³-hybridized carbons (Fsp3) is 0.615. The van der Waals surface area contributed by atoms with E-state index in [9.17, 15) is 4.79 Å². The number of carbonyl (C=O) groups is 1. The van der Waals surface area contributed by atoms with Crippen molar-refractivity contribution in [2.24, 2.45) is 5.73 Å². The minimum atomic E-state index is -0.164. The number of rotatable bonds is 5. The van der Waals surface area contributed by atoms with Crippen LogP contribution >= 0.6 is 11.3 Å². The van der Waals surface area contributed by atoms with Crippen LogP contribution in [0.5, 0.6) is 0 Å². The first-order valence-electron chi connectivity index (χ1n) is 6.53. The van der Waals surface area contributed by atoms with Crippen molar-refractivity contribution in [3.05, 3.63) is 17.5 Å². The number of hydrogen-bond acceptors (Lipinski definition) is 5. The Balaban J connectivity index is 1.81. The van der Waals surface area contributed by atoms with Crippen LogP contribution in [0.25, 0.3) is 0 Å². The van der Waals surface area contributed by atoms with Gasteiger partial charge in [-0.2, -0.15) is 0 Å². The second-order valence-electron chi connectivity index (χ2n) is 4.62. The van der Waals surface area contributed by atoms with Gasteiger partial charge in [0.1, 0.15) is 0 Å². The highest BCUT2D eigenvalue weighted by molar-refractivity contribution is 7.14. The third kappa shape index (κ3) is 3.68. The Labute approximate surface area is 117 Å². The predicted molar refractivity (Wildman–Crippen MR) is 77.6 cm³/mol. The third-order valence-electron chi connectivity index (χ3n) is 3.45. The lowest BCUT2D eigenvalue weighted by Gasteiger charge is -2.35. The Morgan fingerprint density at radius 2 is 2.21 bits per heavy atom. The van der Waals surface area contributed by atoms with E-state index in [1.807, 2.05) is 4.90 Å². The van der Waals surface area contributed by atoms with Gasteiger partial charge in [0.2, 0.25) is 5.91 Å². The molecule has 1 aliphatic rings. The first-order chi connectivity index (χ1) is 9.24. The highest BCUT2D eigenvalue weighted by atomic mass is 32.1. The van der Waals surface area contributed by atoms with E-state index in [2.05, 4.69) is 22.4 Å². The van der Waals surface area contributed by atoms with Crippen LogP contribution in [0.3, 0.4) is 0 Å². The summed E-state index contributed by atoms with van der Waals surface area (Å²) >= 11 is 1.74. The molecule has 5 nitrogen and oxygen atoms in total. The van der Waals surface area contributed by atoms with Gasteiger partial charge in [-0.15, -0.1) is 11.3 Å². The Hall–Kier alpha value is -1.11. The molecule has 1 aromatic heterocycles. The van der Waals surface area contributed by atoms with E-state index in [1.165, 1.54) is 5.00 Å². The molecule has 6 heteroatoms. The molecule has 19 heavy (non-hydrogen) atoms. The molecular weight excluding hydrogens is 262 g/mol. The van der Waals surface area contributed by atoms with Crippen molar-refractivity contribution in [1.29, 1.82) is 0 Å². The lowest BCUT2D eigenvalue weighted by atomic mass is 10.2. The molecule has 2 rings (SSSR count). The lowest BCUT2D eigenvalue weighted by molar-refractivity contribution is -0.133. The molecule has 2 heterocycles. The van der Waals surface area contributed by atoms with Crippen LogP contribution in [0.4, 0.5) is 5.00 Å². The number of thiophene rings is 1. The van der Waals surface area contributed by atoms with Gasteiger partial charge in [0.05, 0.1) is 17.5 Å². The van der Waals surface area contributed by atoms with E-state index < -0.39 is 0 Å². The smallest absolute Gasteiger partial charge is 0.225 e. The number of anilines is 1.